The molecule has 0 saturated carbocycles. The van der Waals surface area contributed by atoms with E-state index in [0.717, 1.165) is 0 Å². The SMILES string of the molecule is CCOC(=O)Cc1c(O)ccc(Cl)c1Cl. The number of benzene rings is 1. The van der Waals surface area contributed by atoms with Crippen molar-refractivity contribution in [3.8, 4) is 5.75 Å². The number of carbonyl (C=O) groups is 1. The fourth-order valence-corrected chi connectivity index (χ4v) is 1.51. The van der Waals surface area contributed by atoms with Crippen LogP contribution in [0.5, 0.6) is 5.75 Å². The first kappa shape index (κ1) is 12.1. The smallest absolute Gasteiger partial charge is 0.310 e. The van der Waals surface area contributed by atoms with Crippen molar-refractivity contribution in [2.75, 3.05) is 6.61 Å². The van der Waals surface area contributed by atoms with Crippen LogP contribution in [0.1, 0.15) is 12.5 Å². The van der Waals surface area contributed by atoms with E-state index in [1.807, 2.05) is 0 Å². The maximum Gasteiger partial charge on any atom is 0.310 e. The normalized spacial score (nSPS) is 10.1. The molecule has 1 aromatic carbocycles. The van der Waals surface area contributed by atoms with Crippen molar-refractivity contribution < 1.29 is 14.6 Å². The Balaban J connectivity index is 2.93. The lowest BCUT2D eigenvalue weighted by Crippen LogP contribution is -2.08. The number of aromatic hydroxyl groups is 1. The highest BCUT2D eigenvalue weighted by molar-refractivity contribution is 6.42. The maximum atomic E-state index is 11.2. The quantitative estimate of drug-likeness (QED) is 0.838. The molecule has 1 N–H and O–H groups in total. The number of hydrogen-bond acceptors (Lipinski definition) is 3. The molecular weight excluding hydrogens is 239 g/mol. The molecule has 15 heavy (non-hydrogen) atoms. The molecule has 0 heterocycles. The summed E-state index contributed by atoms with van der Waals surface area (Å²) in [5.74, 6) is -0.505. The third-order valence-electron chi connectivity index (χ3n) is 1.80. The van der Waals surface area contributed by atoms with Gasteiger partial charge in [-0.1, -0.05) is 23.2 Å². The summed E-state index contributed by atoms with van der Waals surface area (Å²) in [7, 11) is 0. The summed E-state index contributed by atoms with van der Waals surface area (Å²) >= 11 is 11.6. The van der Waals surface area contributed by atoms with E-state index in [0.29, 0.717) is 10.6 Å². The van der Waals surface area contributed by atoms with Gasteiger partial charge in [-0.25, -0.2) is 0 Å². The number of carbonyl (C=O) groups excluding carboxylic acids is 1. The van der Waals surface area contributed by atoms with Gasteiger partial charge in [0.2, 0.25) is 0 Å². The van der Waals surface area contributed by atoms with E-state index in [1.165, 1.54) is 12.1 Å². The zero-order valence-electron chi connectivity index (χ0n) is 8.09. The summed E-state index contributed by atoms with van der Waals surface area (Å²) in [6.45, 7) is 2.00. The molecule has 0 aromatic heterocycles. The fraction of sp³-hybridized carbons (Fsp3) is 0.300. The fourth-order valence-electron chi connectivity index (χ4n) is 1.11. The minimum Gasteiger partial charge on any atom is -0.508 e. The van der Waals surface area contributed by atoms with Crippen molar-refractivity contribution in [3.05, 3.63) is 27.7 Å². The van der Waals surface area contributed by atoms with Crippen LogP contribution >= 0.6 is 23.2 Å². The summed E-state index contributed by atoms with van der Waals surface area (Å²) in [6.07, 6.45) is -0.0843. The molecular formula is C10H10Cl2O3. The maximum absolute atomic E-state index is 11.2. The van der Waals surface area contributed by atoms with Crippen LogP contribution in [0.2, 0.25) is 10.0 Å². The Morgan fingerprint density at radius 1 is 1.47 bits per heavy atom. The van der Waals surface area contributed by atoms with Gasteiger partial charge in [-0.3, -0.25) is 4.79 Å². The highest BCUT2D eigenvalue weighted by Gasteiger charge is 2.14. The molecule has 0 saturated heterocycles. The van der Waals surface area contributed by atoms with Crippen LogP contribution in [0.25, 0.3) is 0 Å². The first-order valence-corrected chi connectivity index (χ1v) is 5.13. The number of halogens is 2. The Labute approximate surface area is 97.6 Å². The van der Waals surface area contributed by atoms with E-state index < -0.39 is 5.97 Å². The Hall–Kier alpha value is -0.930. The Kier molecular flexibility index (Phi) is 4.24. The van der Waals surface area contributed by atoms with Crippen molar-refractivity contribution in [2.45, 2.75) is 13.3 Å². The largest absolute Gasteiger partial charge is 0.508 e. The standard InChI is InChI=1S/C10H10Cl2O3/c1-2-15-9(14)5-6-8(13)4-3-7(11)10(6)12/h3-4,13H,2,5H2,1H3. The zero-order chi connectivity index (χ0) is 11.4. The van der Waals surface area contributed by atoms with Gasteiger partial charge in [-0.2, -0.15) is 0 Å². The third kappa shape index (κ3) is 3.01. The van der Waals surface area contributed by atoms with Gasteiger partial charge in [0.15, 0.2) is 0 Å². The monoisotopic (exact) mass is 248 g/mol. The van der Waals surface area contributed by atoms with Gasteiger partial charge in [-0.05, 0) is 19.1 Å². The molecule has 1 rings (SSSR count). The van der Waals surface area contributed by atoms with Crippen molar-refractivity contribution in [1.29, 1.82) is 0 Å². The lowest BCUT2D eigenvalue weighted by Gasteiger charge is -2.07. The van der Waals surface area contributed by atoms with Crippen molar-refractivity contribution >= 4 is 29.2 Å². The van der Waals surface area contributed by atoms with Crippen LogP contribution < -0.4 is 0 Å². The van der Waals surface area contributed by atoms with Crippen LogP contribution in [-0.2, 0) is 16.0 Å². The second-order valence-corrected chi connectivity index (χ2v) is 3.63. The van der Waals surface area contributed by atoms with Crippen molar-refractivity contribution in [3.63, 3.8) is 0 Å². The summed E-state index contributed by atoms with van der Waals surface area (Å²) in [6, 6.07) is 2.86. The number of phenolic OH excluding ortho intramolecular Hbond substituents is 1. The zero-order valence-corrected chi connectivity index (χ0v) is 9.60. The third-order valence-corrected chi connectivity index (χ3v) is 2.64. The average Bonchev–Trinajstić information content (AvgIpc) is 2.19. The molecule has 5 heteroatoms. The average molecular weight is 249 g/mol. The van der Waals surface area contributed by atoms with Gasteiger partial charge in [0.1, 0.15) is 5.75 Å². The second kappa shape index (κ2) is 5.24. The van der Waals surface area contributed by atoms with E-state index in [-0.39, 0.29) is 23.8 Å². The molecule has 0 atom stereocenters. The van der Waals surface area contributed by atoms with Gasteiger partial charge in [0.25, 0.3) is 0 Å². The molecule has 0 radical (unpaired) electrons. The topological polar surface area (TPSA) is 46.5 Å². The van der Waals surface area contributed by atoms with Crippen LogP contribution in [0.15, 0.2) is 12.1 Å². The lowest BCUT2D eigenvalue weighted by molar-refractivity contribution is -0.142. The van der Waals surface area contributed by atoms with Gasteiger partial charge in [0, 0.05) is 5.56 Å². The minimum absolute atomic E-state index is 0.0579. The van der Waals surface area contributed by atoms with Crippen LogP contribution in [0.3, 0.4) is 0 Å². The first-order valence-electron chi connectivity index (χ1n) is 4.37. The van der Waals surface area contributed by atoms with E-state index in [4.69, 9.17) is 27.9 Å². The van der Waals surface area contributed by atoms with Crippen LogP contribution in [0.4, 0.5) is 0 Å². The highest BCUT2D eigenvalue weighted by atomic mass is 35.5. The second-order valence-electron chi connectivity index (χ2n) is 2.84. The number of phenols is 1. The molecule has 3 nitrogen and oxygen atoms in total. The number of hydrogen-bond donors (Lipinski definition) is 1. The summed E-state index contributed by atoms with van der Waals surface area (Å²) in [5, 5.41) is 9.97. The first-order chi connectivity index (χ1) is 7.06. The predicted molar refractivity (Wildman–Crippen MR) is 58.5 cm³/mol. The highest BCUT2D eigenvalue weighted by Crippen LogP contribution is 2.32. The predicted octanol–water partition coefficient (Wildman–Crippen LogP) is 2.80. The van der Waals surface area contributed by atoms with Gasteiger partial charge in [-0.15, -0.1) is 0 Å². The number of esters is 1. The molecule has 0 aliphatic rings. The Bertz CT molecular complexity index is 377. The Morgan fingerprint density at radius 3 is 2.73 bits per heavy atom. The molecule has 1 aromatic rings. The summed E-state index contributed by atoms with van der Waals surface area (Å²) in [5.41, 5.74) is 0.294. The van der Waals surface area contributed by atoms with Gasteiger partial charge < -0.3 is 9.84 Å². The molecule has 0 aliphatic heterocycles. The van der Waals surface area contributed by atoms with Crippen LogP contribution in [-0.4, -0.2) is 17.7 Å². The van der Waals surface area contributed by atoms with Crippen molar-refractivity contribution in [2.24, 2.45) is 0 Å². The molecule has 0 amide bonds. The summed E-state index contributed by atoms with van der Waals surface area (Å²) in [4.78, 5) is 11.2. The molecule has 82 valence electrons. The number of rotatable bonds is 3. The van der Waals surface area contributed by atoms with E-state index in [2.05, 4.69) is 0 Å². The van der Waals surface area contributed by atoms with E-state index >= 15 is 0 Å². The molecule has 0 bridgehead atoms. The van der Waals surface area contributed by atoms with Gasteiger partial charge >= 0.3 is 5.97 Å². The minimum atomic E-state index is -0.447. The van der Waals surface area contributed by atoms with Crippen molar-refractivity contribution in [1.82, 2.24) is 0 Å². The summed E-state index contributed by atoms with van der Waals surface area (Å²) < 4.78 is 4.74. The molecule has 0 fully saturated rings. The molecule has 0 aliphatic carbocycles. The lowest BCUT2D eigenvalue weighted by atomic mass is 10.1. The molecule has 0 spiro atoms. The van der Waals surface area contributed by atoms with E-state index in [9.17, 15) is 9.90 Å². The Morgan fingerprint density at radius 2 is 2.13 bits per heavy atom. The molecule has 0 unspecified atom stereocenters. The van der Waals surface area contributed by atoms with Crippen LogP contribution in [0, 0.1) is 0 Å². The number of ether oxygens (including phenoxy) is 1. The van der Waals surface area contributed by atoms with E-state index in [1.54, 1.807) is 6.92 Å². The van der Waals surface area contributed by atoms with Gasteiger partial charge in [0.05, 0.1) is 23.1 Å².